The van der Waals surface area contributed by atoms with Gasteiger partial charge in [0.05, 0.1) is 0 Å². The second-order valence-corrected chi connectivity index (χ2v) is 3.30. The standard InChI is InChI=1S/C11H23N/c1-4-6-7-8-9-10-11(3)12-5-2/h12H,3-10H2,1-2H3. The van der Waals surface area contributed by atoms with Crippen LogP contribution in [-0.4, -0.2) is 6.54 Å². The molecule has 0 aromatic heterocycles. The number of unbranched alkanes of at least 4 members (excludes halogenated alkanes) is 4. The van der Waals surface area contributed by atoms with E-state index in [4.69, 9.17) is 0 Å². The van der Waals surface area contributed by atoms with Gasteiger partial charge in [-0.15, -0.1) is 0 Å². The van der Waals surface area contributed by atoms with E-state index in [-0.39, 0.29) is 0 Å². The van der Waals surface area contributed by atoms with Crippen LogP contribution in [0.5, 0.6) is 0 Å². The first-order chi connectivity index (χ1) is 5.81. The number of nitrogens with one attached hydrogen (secondary N) is 1. The van der Waals surface area contributed by atoms with Crippen LogP contribution in [0.4, 0.5) is 0 Å². The Hall–Kier alpha value is -0.460. The average Bonchev–Trinajstić information content (AvgIpc) is 2.05. The molecule has 0 radical (unpaired) electrons. The maximum Gasteiger partial charge on any atom is 0.0115 e. The zero-order valence-corrected chi connectivity index (χ0v) is 8.66. The van der Waals surface area contributed by atoms with E-state index < -0.39 is 0 Å². The van der Waals surface area contributed by atoms with Crippen LogP contribution in [0.2, 0.25) is 0 Å². The summed E-state index contributed by atoms with van der Waals surface area (Å²) < 4.78 is 0. The van der Waals surface area contributed by atoms with Gasteiger partial charge < -0.3 is 5.32 Å². The van der Waals surface area contributed by atoms with Crippen LogP contribution in [0.25, 0.3) is 0 Å². The third-order valence-corrected chi connectivity index (χ3v) is 2.01. The molecule has 0 atom stereocenters. The molecule has 12 heavy (non-hydrogen) atoms. The van der Waals surface area contributed by atoms with E-state index in [1.807, 2.05) is 0 Å². The van der Waals surface area contributed by atoms with Crippen molar-refractivity contribution in [2.45, 2.75) is 52.4 Å². The van der Waals surface area contributed by atoms with Gasteiger partial charge in [0.1, 0.15) is 0 Å². The fraction of sp³-hybridized carbons (Fsp3) is 0.818. The summed E-state index contributed by atoms with van der Waals surface area (Å²) in [7, 11) is 0. The van der Waals surface area contributed by atoms with Crippen molar-refractivity contribution >= 4 is 0 Å². The van der Waals surface area contributed by atoms with E-state index in [1.165, 1.54) is 37.8 Å². The van der Waals surface area contributed by atoms with Crippen LogP contribution >= 0.6 is 0 Å². The van der Waals surface area contributed by atoms with Crippen molar-refractivity contribution < 1.29 is 0 Å². The van der Waals surface area contributed by atoms with Gasteiger partial charge in [-0.25, -0.2) is 0 Å². The normalized spacial score (nSPS) is 9.83. The third-order valence-electron chi connectivity index (χ3n) is 2.01. The van der Waals surface area contributed by atoms with Crippen LogP contribution in [0.15, 0.2) is 12.3 Å². The Balaban J connectivity index is 3.03. The molecule has 0 aliphatic heterocycles. The minimum atomic E-state index is 1.01. The molecular formula is C11H23N. The Labute approximate surface area is 77.2 Å². The topological polar surface area (TPSA) is 12.0 Å². The van der Waals surface area contributed by atoms with Crippen molar-refractivity contribution in [3.63, 3.8) is 0 Å². The molecular weight excluding hydrogens is 146 g/mol. The Morgan fingerprint density at radius 1 is 1.08 bits per heavy atom. The molecule has 0 aliphatic rings. The SMILES string of the molecule is C=C(CCCCCCC)NCC. The molecule has 0 rings (SSSR count). The van der Waals surface area contributed by atoms with Gasteiger partial charge >= 0.3 is 0 Å². The van der Waals surface area contributed by atoms with Crippen LogP contribution in [-0.2, 0) is 0 Å². The highest BCUT2D eigenvalue weighted by molar-refractivity contribution is 4.89. The monoisotopic (exact) mass is 169 g/mol. The fourth-order valence-corrected chi connectivity index (χ4v) is 1.28. The zero-order valence-electron chi connectivity index (χ0n) is 8.66. The van der Waals surface area contributed by atoms with E-state index >= 15 is 0 Å². The second-order valence-electron chi connectivity index (χ2n) is 3.30. The lowest BCUT2D eigenvalue weighted by atomic mass is 10.1. The molecule has 0 saturated carbocycles. The Morgan fingerprint density at radius 2 is 1.75 bits per heavy atom. The Kier molecular flexibility index (Phi) is 8.30. The molecule has 0 bridgehead atoms. The van der Waals surface area contributed by atoms with Crippen molar-refractivity contribution in [3.05, 3.63) is 12.3 Å². The molecule has 0 fully saturated rings. The van der Waals surface area contributed by atoms with Gasteiger partial charge in [0, 0.05) is 12.2 Å². The van der Waals surface area contributed by atoms with Gasteiger partial charge in [0.25, 0.3) is 0 Å². The first-order valence-corrected chi connectivity index (χ1v) is 5.22. The molecule has 0 spiro atoms. The van der Waals surface area contributed by atoms with E-state index in [1.54, 1.807) is 0 Å². The van der Waals surface area contributed by atoms with Gasteiger partial charge in [-0.2, -0.15) is 0 Å². The average molecular weight is 169 g/mol. The number of hydrogen-bond donors (Lipinski definition) is 1. The van der Waals surface area contributed by atoms with Crippen LogP contribution < -0.4 is 5.32 Å². The van der Waals surface area contributed by atoms with Crippen molar-refractivity contribution in [1.29, 1.82) is 0 Å². The highest BCUT2D eigenvalue weighted by Gasteiger charge is 1.92. The predicted molar refractivity (Wildman–Crippen MR) is 56.2 cm³/mol. The molecule has 0 aromatic rings. The van der Waals surface area contributed by atoms with Crippen molar-refractivity contribution in [1.82, 2.24) is 5.32 Å². The summed E-state index contributed by atoms with van der Waals surface area (Å²) in [5.74, 6) is 0. The maximum atomic E-state index is 3.95. The molecule has 0 saturated heterocycles. The molecule has 0 unspecified atom stereocenters. The summed E-state index contributed by atoms with van der Waals surface area (Å²) in [5, 5.41) is 3.24. The summed E-state index contributed by atoms with van der Waals surface area (Å²) in [6.45, 7) is 9.32. The molecule has 0 aromatic carbocycles. The molecule has 0 heterocycles. The number of rotatable bonds is 8. The first kappa shape index (κ1) is 11.5. The third kappa shape index (κ3) is 7.64. The second kappa shape index (κ2) is 8.63. The summed E-state index contributed by atoms with van der Waals surface area (Å²) in [4.78, 5) is 0. The minimum absolute atomic E-state index is 1.01. The van der Waals surface area contributed by atoms with Crippen molar-refractivity contribution in [2.75, 3.05) is 6.54 Å². The molecule has 0 aliphatic carbocycles. The Morgan fingerprint density at radius 3 is 2.33 bits per heavy atom. The lowest BCUT2D eigenvalue weighted by Crippen LogP contribution is -2.10. The predicted octanol–water partition coefficient (Wildman–Crippen LogP) is 3.47. The minimum Gasteiger partial charge on any atom is -0.389 e. The summed E-state index contributed by atoms with van der Waals surface area (Å²) in [6, 6.07) is 0. The quantitative estimate of drug-likeness (QED) is 0.549. The molecule has 1 nitrogen and oxygen atoms in total. The van der Waals surface area contributed by atoms with Crippen LogP contribution in [0.3, 0.4) is 0 Å². The van der Waals surface area contributed by atoms with E-state index in [0.717, 1.165) is 13.0 Å². The largest absolute Gasteiger partial charge is 0.389 e. The lowest BCUT2D eigenvalue weighted by molar-refractivity contribution is 0.617. The number of allylic oxidation sites excluding steroid dienone is 1. The van der Waals surface area contributed by atoms with Gasteiger partial charge in [0.2, 0.25) is 0 Å². The van der Waals surface area contributed by atoms with E-state index in [0.29, 0.717) is 0 Å². The van der Waals surface area contributed by atoms with E-state index in [2.05, 4.69) is 25.7 Å². The van der Waals surface area contributed by atoms with E-state index in [9.17, 15) is 0 Å². The highest BCUT2D eigenvalue weighted by atomic mass is 14.9. The smallest absolute Gasteiger partial charge is 0.0115 e. The number of hydrogen-bond acceptors (Lipinski definition) is 1. The maximum absolute atomic E-state index is 3.95. The van der Waals surface area contributed by atoms with Gasteiger partial charge in [0.15, 0.2) is 0 Å². The highest BCUT2D eigenvalue weighted by Crippen LogP contribution is 2.07. The Bertz CT molecular complexity index is 108. The van der Waals surface area contributed by atoms with Gasteiger partial charge in [-0.1, -0.05) is 39.2 Å². The summed E-state index contributed by atoms with van der Waals surface area (Å²) >= 11 is 0. The van der Waals surface area contributed by atoms with Crippen molar-refractivity contribution in [3.8, 4) is 0 Å². The van der Waals surface area contributed by atoms with Crippen LogP contribution in [0.1, 0.15) is 52.4 Å². The lowest BCUT2D eigenvalue weighted by Gasteiger charge is -2.06. The molecule has 1 heteroatoms. The van der Waals surface area contributed by atoms with Crippen molar-refractivity contribution in [2.24, 2.45) is 0 Å². The first-order valence-electron chi connectivity index (χ1n) is 5.22. The molecule has 1 N–H and O–H groups in total. The zero-order chi connectivity index (χ0) is 9.23. The fourth-order valence-electron chi connectivity index (χ4n) is 1.28. The summed E-state index contributed by atoms with van der Waals surface area (Å²) in [5.41, 5.74) is 1.20. The molecule has 72 valence electrons. The van der Waals surface area contributed by atoms with Gasteiger partial charge in [-0.05, 0) is 19.8 Å². The summed E-state index contributed by atoms with van der Waals surface area (Å²) in [6.07, 6.45) is 7.90. The van der Waals surface area contributed by atoms with Gasteiger partial charge in [-0.3, -0.25) is 0 Å². The molecule has 0 amide bonds. The van der Waals surface area contributed by atoms with Crippen LogP contribution in [0, 0.1) is 0 Å².